The van der Waals surface area contributed by atoms with Crippen molar-refractivity contribution in [1.82, 2.24) is 29.7 Å². The Morgan fingerprint density at radius 3 is 2.69 bits per heavy atom. The number of imidazole rings is 1. The van der Waals surface area contributed by atoms with Gasteiger partial charge in [-0.2, -0.15) is 5.10 Å². The van der Waals surface area contributed by atoms with Crippen molar-refractivity contribution < 1.29 is 9.53 Å². The molecule has 8 nitrogen and oxygen atoms in total. The summed E-state index contributed by atoms with van der Waals surface area (Å²) >= 11 is 0. The van der Waals surface area contributed by atoms with Gasteiger partial charge < -0.3 is 9.64 Å². The molecule has 1 N–H and O–H groups in total. The Labute approximate surface area is 169 Å². The zero-order valence-electron chi connectivity index (χ0n) is 16.9. The number of hydrogen-bond donors (Lipinski definition) is 1. The molecule has 2 aliphatic rings. The molecule has 2 fully saturated rings. The summed E-state index contributed by atoms with van der Waals surface area (Å²) in [4.78, 5) is 19.3. The molecule has 0 unspecified atom stereocenters. The quantitative estimate of drug-likeness (QED) is 0.719. The number of nitrogens with zero attached hydrogens (tertiary/aromatic N) is 5. The molecule has 1 aliphatic heterocycles. The number of rotatable bonds is 5. The number of aromatic nitrogens is 5. The molecule has 8 heteroatoms. The molecule has 4 heterocycles. The zero-order chi connectivity index (χ0) is 20.0. The second-order valence-electron chi connectivity index (χ2n) is 8.27. The summed E-state index contributed by atoms with van der Waals surface area (Å²) in [6, 6.07) is 3.85. The van der Waals surface area contributed by atoms with Gasteiger partial charge in [0, 0.05) is 30.8 Å². The molecule has 1 saturated carbocycles. The van der Waals surface area contributed by atoms with Gasteiger partial charge in [0.25, 0.3) is 5.91 Å². The second-order valence-corrected chi connectivity index (χ2v) is 8.27. The summed E-state index contributed by atoms with van der Waals surface area (Å²) < 4.78 is 7.79. The smallest absolute Gasteiger partial charge is 0.257 e. The Hall–Kier alpha value is -2.90. The van der Waals surface area contributed by atoms with Crippen LogP contribution in [-0.2, 0) is 0 Å². The maximum absolute atomic E-state index is 12.8. The lowest BCUT2D eigenvalue weighted by atomic mass is 9.97. The molecule has 1 saturated heterocycles. The highest BCUT2D eigenvalue weighted by Crippen LogP contribution is 2.39. The van der Waals surface area contributed by atoms with E-state index in [1.54, 1.807) is 0 Å². The van der Waals surface area contributed by atoms with Crippen LogP contribution in [0, 0.1) is 19.8 Å². The molecular weight excluding hydrogens is 368 g/mol. The topological polar surface area (TPSA) is 88.4 Å². The predicted molar refractivity (Wildman–Crippen MR) is 107 cm³/mol. The van der Waals surface area contributed by atoms with Gasteiger partial charge in [-0.15, -0.1) is 5.10 Å². The highest BCUT2D eigenvalue weighted by atomic mass is 16.5. The molecule has 5 rings (SSSR count). The van der Waals surface area contributed by atoms with Gasteiger partial charge in [-0.25, -0.2) is 9.50 Å². The summed E-state index contributed by atoms with van der Waals surface area (Å²) in [5.74, 6) is 1.74. The van der Waals surface area contributed by atoms with E-state index in [0.29, 0.717) is 29.9 Å². The van der Waals surface area contributed by atoms with E-state index < -0.39 is 0 Å². The van der Waals surface area contributed by atoms with Gasteiger partial charge in [0.05, 0.1) is 29.8 Å². The van der Waals surface area contributed by atoms with Crippen molar-refractivity contribution in [2.24, 2.45) is 5.92 Å². The van der Waals surface area contributed by atoms with Crippen molar-refractivity contribution in [1.29, 1.82) is 0 Å². The number of nitrogens with one attached hydrogen (secondary N) is 1. The minimum atomic E-state index is 0.0758. The van der Waals surface area contributed by atoms with E-state index in [0.717, 1.165) is 48.7 Å². The Kier molecular flexibility index (Phi) is 4.49. The molecule has 1 aliphatic carbocycles. The van der Waals surface area contributed by atoms with Crippen molar-refractivity contribution in [2.75, 3.05) is 19.7 Å². The molecule has 29 heavy (non-hydrogen) atoms. The molecular formula is C21H26N6O2. The maximum atomic E-state index is 12.8. The lowest BCUT2D eigenvalue weighted by molar-refractivity contribution is 0.0657. The van der Waals surface area contributed by atoms with Crippen LogP contribution in [0.4, 0.5) is 0 Å². The van der Waals surface area contributed by atoms with Crippen LogP contribution in [0.3, 0.4) is 0 Å². The van der Waals surface area contributed by atoms with Crippen LogP contribution in [0.5, 0.6) is 5.88 Å². The van der Waals surface area contributed by atoms with E-state index in [9.17, 15) is 4.79 Å². The third-order valence-corrected chi connectivity index (χ3v) is 6.02. The van der Waals surface area contributed by atoms with E-state index in [1.807, 2.05) is 41.6 Å². The van der Waals surface area contributed by atoms with E-state index in [4.69, 9.17) is 4.74 Å². The van der Waals surface area contributed by atoms with Crippen LogP contribution in [0.1, 0.15) is 59.0 Å². The molecule has 0 atom stereocenters. The molecule has 0 bridgehead atoms. The zero-order valence-corrected chi connectivity index (χ0v) is 16.9. The number of carbonyl (C=O) groups excluding carboxylic acids is 1. The molecule has 0 aromatic carbocycles. The Morgan fingerprint density at radius 2 is 2.00 bits per heavy atom. The molecule has 3 aromatic rings. The number of amides is 1. The number of ether oxygens (including phenoxy) is 1. The Balaban J connectivity index is 1.16. The van der Waals surface area contributed by atoms with E-state index in [1.165, 1.54) is 12.8 Å². The largest absolute Gasteiger partial charge is 0.476 e. The normalized spacial score (nSPS) is 17.8. The highest BCUT2D eigenvalue weighted by molar-refractivity contribution is 5.96. The highest BCUT2D eigenvalue weighted by Gasteiger charge is 2.28. The molecule has 0 radical (unpaired) electrons. The monoisotopic (exact) mass is 394 g/mol. The lowest BCUT2D eigenvalue weighted by Gasteiger charge is -2.31. The van der Waals surface area contributed by atoms with Crippen molar-refractivity contribution in [3.05, 3.63) is 41.0 Å². The van der Waals surface area contributed by atoms with E-state index >= 15 is 0 Å². The summed E-state index contributed by atoms with van der Waals surface area (Å²) in [6.07, 6.45) is 6.34. The number of likely N-dealkylation sites (tertiary alicyclic amines) is 1. The van der Waals surface area contributed by atoms with Crippen molar-refractivity contribution >= 4 is 11.6 Å². The van der Waals surface area contributed by atoms with Gasteiger partial charge in [0.1, 0.15) is 0 Å². The SMILES string of the molecule is Cc1n[nH]c(C)c1C(=O)N1CCC(COc2ccc3nc(C4CC4)cn3n2)CC1. The molecule has 1 amide bonds. The number of H-pyrrole nitrogens is 1. The lowest BCUT2D eigenvalue weighted by Crippen LogP contribution is -2.40. The van der Waals surface area contributed by atoms with Gasteiger partial charge in [-0.05, 0) is 51.5 Å². The fourth-order valence-electron chi connectivity index (χ4n) is 4.07. The number of hydrogen-bond acceptors (Lipinski definition) is 5. The first-order valence-electron chi connectivity index (χ1n) is 10.4. The molecule has 0 spiro atoms. The fraction of sp³-hybridized carbons (Fsp3) is 0.524. The van der Waals surface area contributed by atoms with Crippen LogP contribution in [0.2, 0.25) is 0 Å². The number of aryl methyl sites for hydroxylation is 2. The Morgan fingerprint density at radius 1 is 1.21 bits per heavy atom. The van der Waals surface area contributed by atoms with Gasteiger partial charge in [-0.3, -0.25) is 9.89 Å². The van der Waals surface area contributed by atoms with Gasteiger partial charge in [0.15, 0.2) is 5.65 Å². The van der Waals surface area contributed by atoms with Crippen LogP contribution in [0.25, 0.3) is 5.65 Å². The van der Waals surface area contributed by atoms with Crippen LogP contribution < -0.4 is 4.74 Å². The first-order valence-corrected chi connectivity index (χ1v) is 10.4. The van der Waals surface area contributed by atoms with Crippen molar-refractivity contribution in [3.8, 4) is 5.88 Å². The van der Waals surface area contributed by atoms with Crippen LogP contribution in [0.15, 0.2) is 18.3 Å². The van der Waals surface area contributed by atoms with Crippen molar-refractivity contribution in [3.63, 3.8) is 0 Å². The summed E-state index contributed by atoms with van der Waals surface area (Å²) in [6.45, 7) is 5.88. The average Bonchev–Trinajstić information content (AvgIpc) is 3.41. The first-order chi connectivity index (χ1) is 14.1. The van der Waals surface area contributed by atoms with Crippen molar-refractivity contribution in [2.45, 2.75) is 45.4 Å². The van der Waals surface area contributed by atoms with Crippen LogP contribution >= 0.6 is 0 Å². The maximum Gasteiger partial charge on any atom is 0.257 e. The minimum absolute atomic E-state index is 0.0758. The number of aromatic amines is 1. The van der Waals surface area contributed by atoms with E-state index in [2.05, 4.69) is 20.3 Å². The standard InChI is InChI=1S/C21H26N6O2/c1-13-20(14(2)24-23-13)21(28)26-9-7-15(8-10-26)12-29-19-6-5-18-22-17(16-3-4-16)11-27(18)25-19/h5-6,11,15-16H,3-4,7-10,12H2,1-2H3,(H,23,24). The van der Waals surface area contributed by atoms with Gasteiger partial charge >= 0.3 is 0 Å². The minimum Gasteiger partial charge on any atom is -0.476 e. The number of piperidine rings is 1. The number of fused-ring (bicyclic) bond motifs is 1. The second kappa shape index (κ2) is 7.17. The summed E-state index contributed by atoms with van der Waals surface area (Å²) in [5.41, 5.74) is 4.32. The summed E-state index contributed by atoms with van der Waals surface area (Å²) in [7, 11) is 0. The molecule has 3 aromatic heterocycles. The third-order valence-electron chi connectivity index (χ3n) is 6.02. The summed E-state index contributed by atoms with van der Waals surface area (Å²) in [5, 5.41) is 11.6. The first kappa shape index (κ1) is 18.1. The molecule has 152 valence electrons. The Bertz CT molecular complexity index is 1020. The third kappa shape index (κ3) is 3.59. The van der Waals surface area contributed by atoms with Crippen LogP contribution in [-0.4, -0.2) is 55.3 Å². The van der Waals surface area contributed by atoms with Gasteiger partial charge in [0.2, 0.25) is 5.88 Å². The average molecular weight is 394 g/mol. The van der Waals surface area contributed by atoms with Gasteiger partial charge in [-0.1, -0.05) is 0 Å². The fourth-order valence-corrected chi connectivity index (χ4v) is 4.07. The number of carbonyl (C=O) groups is 1. The predicted octanol–water partition coefficient (Wildman–Crippen LogP) is 2.88. The van der Waals surface area contributed by atoms with E-state index in [-0.39, 0.29) is 5.91 Å².